The summed E-state index contributed by atoms with van der Waals surface area (Å²) in [6.07, 6.45) is 1.31. The predicted molar refractivity (Wildman–Crippen MR) is 121 cm³/mol. The fourth-order valence-electron chi connectivity index (χ4n) is 3.58. The second-order valence-corrected chi connectivity index (χ2v) is 8.19. The quantitative estimate of drug-likeness (QED) is 0.486. The molecule has 31 heavy (non-hydrogen) atoms. The Morgan fingerprint density at radius 1 is 1.06 bits per heavy atom. The first-order valence-corrected chi connectivity index (χ1v) is 10.9. The fourth-order valence-corrected chi connectivity index (χ4v) is 3.98. The molecule has 0 saturated carbocycles. The molecule has 0 aliphatic carbocycles. The molecule has 0 spiro atoms. The molecule has 0 unspecified atom stereocenters. The number of nitrogens with zero attached hydrogens (tertiary/aromatic N) is 1. The zero-order chi connectivity index (χ0) is 22.4. The molecule has 0 bridgehead atoms. The van der Waals surface area contributed by atoms with Gasteiger partial charge in [0, 0.05) is 16.1 Å². The maximum absolute atomic E-state index is 13.0. The van der Waals surface area contributed by atoms with E-state index in [4.69, 9.17) is 27.9 Å². The van der Waals surface area contributed by atoms with E-state index in [0.717, 1.165) is 0 Å². The number of carbonyl (C=O) groups excluding carboxylic acids is 3. The highest BCUT2D eigenvalue weighted by Crippen LogP contribution is 2.27. The number of hydrogen-bond acceptors (Lipinski definition) is 5. The Labute approximate surface area is 191 Å². The van der Waals surface area contributed by atoms with Gasteiger partial charge in [0.1, 0.15) is 0 Å². The standard InChI is InChI=1S/C23H24Cl2N2O4/c1-2-31-23(30)15-9-11-27(12-10-15)14-21(28)26-20-8-7-16(24)13-18(20)22(29)17-5-3-4-6-19(17)25/h3-8,13,15H,2,9-12,14H2,1H3,(H,26,28). The van der Waals surface area contributed by atoms with Crippen molar-refractivity contribution in [2.24, 2.45) is 5.92 Å². The topological polar surface area (TPSA) is 75.7 Å². The van der Waals surface area contributed by atoms with E-state index in [1.54, 1.807) is 43.3 Å². The molecule has 1 N–H and O–H groups in total. The van der Waals surface area contributed by atoms with Gasteiger partial charge >= 0.3 is 5.97 Å². The minimum atomic E-state index is -0.321. The van der Waals surface area contributed by atoms with Gasteiger partial charge in [-0.3, -0.25) is 19.3 Å². The normalized spacial score (nSPS) is 14.8. The van der Waals surface area contributed by atoms with Crippen LogP contribution >= 0.6 is 23.2 Å². The van der Waals surface area contributed by atoms with Gasteiger partial charge in [-0.05, 0) is 63.2 Å². The molecule has 0 aromatic heterocycles. The van der Waals surface area contributed by atoms with Crippen LogP contribution in [0.3, 0.4) is 0 Å². The first kappa shape index (κ1) is 23.3. The zero-order valence-electron chi connectivity index (χ0n) is 17.2. The Bertz CT molecular complexity index is 972. The minimum Gasteiger partial charge on any atom is -0.466 e. The summed E-state index contributed by atoms with van der Waals surface area (Å²) in [5.74, 6) is -0.852. The molecule has 1 amide bonds. The van der Waals surface area contributed by atoms with Crippen molar-refractivity contribution in [2.45, 2.75) is 19.8 Å². The molecule has 0 radical (unpaired) electrons. The van der Waals surface area contributed by atoms with E-state index in [9.17, 15) is 14.4 Å². The highest BCUT2D eigenvalue weighted by molar-refractivity contribution is 6.36. The lowest BCUT2D eigenvalue weighted by atomic mass is 9.97. The number of likely N-dealkylation sites (tertiary alicyclic amines) is 1. The summed E-state index contributed by atoms with van der Waals surface area (Å²) >= 11 is 12.3. The van der Waals surface area contributed by atoms with Crippen LogP contribution in [-0.2, 0) is 14.3 Å². The van der Waals surface area contributed by atoms with Crippen molar-refractivity contribution in [1.29, 1.82) is 0 Å². The summed E-state index contributed by atoms with van der Waals surface area (Å²) in [6, 6.07) is 11.5. The van der Waals surface area contributed by atoms with Gasteiger partial charge in [-0.25, -0.2) is 0 Å². The second kappa shape index (κ2) is 10.8. The van der Waals surface area contributed by atoms with Crippen LogP contribution in [0.4, 0.5) is 5.69 Å². The number of hydrogen-bond donors (Lipinski definition) is 1. The summed E-state index contributed by atoms with van der Waals surface area (Å²) < 4.78 is 5.08. The van der Waals surface area contributed by atoms with Gasteiger partial charge in [-0.15, -0.1) is 0 Å². The molecule has 8 heteroatoms. The smallest absolute Gasteiger partial charge is 0.309 e. The molecule has 1 saturated heterocycles. The van der Waals surface area contributed by atoms with Gasteiger partial charge in [0.05, 0.1) is 29.8 Å². The van der Waals surface area contributed by atoms with Crippen molar-refractivity contribution >= 4 is 46.5 Å². The molecule has 1 fully saturated rings. The van der Waals surface area contributed by atoms with E-state index in [1.807, 2.05) is 4.90 Å². The molecule has 2 aromatic carbocycles. The summed E-state index contributed by atoms with van der Waals surface area (Å²) in [4.78, 5) is 39.5. The van der Waals surface area contributed by atoms with Gasteiger partial charge < -0.3 is 10.1 Å². The van der Waals surface area contributed by atoms with Crippen molar-refractivity contribution in [2.75, 3.05) is 31.6 Å². The largest absolute Gasteiger partial charge is 0.466 e. The summed E-state index contributed by atoms with van der Waals surface area (Å²) in [5, 5.41) is 3.53. The van der Waals surface area contributed by atoms with E-state index < -0.39 is 0 Å². The highest BCUT2D eigenvalue weighted by Gasteiger charge is 2.27. The van der Waals surface area contributed by atoms with Crippen molar-refractivity contribution < 1.29 is 19.1 Å². The SMILES string of the molecule is CCOC(=O)C1CCN(CC(=O)Nc2ccc(Cl)cc2C(=O)c2ccccc2Cl)CC1. The van der Waals surface area contributed by atoms with Gasteiger partial charge in [-0.1, -0.05) is 35.3 Å². The zero-order valence-corrected chi connectivity index (χ0v) is 18.7. The summed E-state index contributed by atoms with van der Waals surface area (Å²) in [5.41, 5.74) is 0.985. The fraction of sp³-hybridized carbons (Fsp3) is 0.348. The number of amides is 1. The van der Waals surface area contributed by atoms with Crippen LogP contribution < -0.4 is 5.32 Å². The third-order valence-electron chi connectivity index (χ3n) is 5.19. The van der Waals surface area contributed by atoms with Crippen LogP contribution in [0.1, 0.15) is 35.7 Å². The highest BCUT2D eigenvalue weighted by atomic mass is 35.5. The van der Waals surface area contributed by atoms with Crippen LogP contribution in [0.5, 0.6) is 0 Å². The Hall–Kier alpha value is -2.41. The molecule has 6 nitrogen and oxygen atoms in total. The number of halogens is 2. The van der Waals surface area contributed by atoms with Crippen LogP contribution in [0.15, 0.2) is 42.5 Å². The average molecular weight is 463 g/mol. The van der Waals surface area contributed by atoms with E-state index in [-0.39, 0.29) is 35.7 Å². The number of anilines is 1. The molecule has 164 valence electrons. The lowest BCUT2D eigenvalue weighted by Crippen LogP contribution is -2.41. The van der Waals surface area contributed by atoms with Crippen LogP contribution in [-0.4, -0.2) is 48.8 Å². The number of ether oxygens (including phenoxy) is 1. The number of ketones is 1. The lowest BCUT2D eigenvalue weighted by Gasteiger charge is -2.30. The minimum absolute atomic E-state index is 0.115. The molecule has 1 aliphatic heterocycles. The molecule has 1 heterocycles. The Morgan fingerprint density at radius 3 is 2.45 bits per heavy atom. The van der Waals surface area contributed by atoms with E-state index in [2.05, 4.69) is 5.32 Å². The van der Waals surface area contributed by atoms with Crippen molar-refractivity contribution in [3.63, 3.8) is 0 Å². The van der Waals surface area contributed by atoms with Gasteiger partial charge in [0.15, 0.2) is 5.78 Å². The molecule has 2 aromatic rings. The van der Waals surface area contributed by atoms with Crippen LogP contribution in [0.25, 0.3) is 0 Å². The summed E-state index contributed by atoms with van der Waals surface area (Å²) in [7, 11) is 0. The molecule has 0 atom stereocenters. The first-order chi connectivity index (χ1) is 14.9. The average Bonchev–Trinajstić information content (AvgIpc) is 2.75. The Balaban J connectivity index is 1.65. The van der Waals surface area contributed by atoms with Crippen molar-refractivity contribution in [1.82, 2.24) is 4.90 Å². The number of benzene rings is 2. The number of esters is 1. The Morgan fingerprint density at radius 2 is 1.77 bits per heavy atom. The van der Waals surface area contributed by atoms with Crippen LogP contribution in [0.2, 0.25) is 10.0 Å². The van der Waals surface area contributed by atoms with Crippen molar-refractivity contribution in [3.05, 3.63) is 63.6 Å². The van der Waals surface area contributed by atoms with Crippen molar-refractivity contribution in [3.8, 4) is 0 Å². The third kappa shape index (κ3) is 6.06. The lowest BCUT2D eigenvalue weighted by molar-refractivity contribution is -0.149. The monoisotopic (exact) mass is 462 g/mol. The molecular weight excluding hydrogens is 439 g/mol. The maximum atomic E-state index is 13.0. The number of nitrogens with one attached hydrogen (secondary N) is 1. The Kier molecular flexibility index (Phi) is 8.07. The van der Waals surface area contributed by atoms with Crippen LogP contribution in [0, 0.1) is 5.92 Å². The number of piperidine rings is 1. The first-order valence-electron chi connectivity index (χ1n) is 10.2. The number of rotatable bonds is 7. The third-order valence-corrected chi connectivity index (χ3v) is 5.76. The van der Waals surface area contributed by atoms with Gasteiger partial charge in [-0.2, -0.15) is 0 Å². The van der Waals surface area contributed by atoms with E-state index >= 15 is 0 Å². The number of carbonyl (C=O) groups is 3. The maximum Gasteiger partial charge on any atom is 0.309 e. The van der Waals surface area contributed by atoms with E-state index in [0.29, 0.717) is 53.8 Å². The van der Waals surface area contributed by atoms with E-state index in [1.165, 1.54) is 6.07 Å². The second-order valence-electron chi connectivity index (χ2n) is 7.35. The van der Waals surface area contributed by atoms with Gasteiger partial charge in [0.2, 0.25) is 5.91 Å². The molecular formula is C23H24Cl2N2O4. The van der Waals surface area contributed by atoms with Gasteiger partial charge in [0.25, 0.3) is 0 Å². The molecule has 1 aliphatic rings. The molecule has 3 rings (SSSR count). The predicted octanol–water partition coefficient (Wildman–Crippen LogP) is 4.44. The summed E-state index contributed by atoms with van der Waals surface area (Å²) in [6.45, 7) is 3.58.